The van der Waals surface area contributed by atoms with Gasteiger partial charge in [0.25, 0.3) is 17.4 Å². The van der Waals surface area contributed by atoms with Crippen molar-refractivity contribution in [3.05, 3.63) is 58.3 Å². The fourth-order valence-corrected chi connectivity index (χ4v) is 2.36. The number of aromatic nitrogens is 3. The van der Waals surface area contributed by atoms with Crippen LogP contribution in [0.25, 0.3) is 11.0 Å². The Balaban J connectivity index is 1.81. The van der Waals surface area contributed by atoms with E-state index in [1.807, 2.05) is 0 Å². The lowest BCUT2D eigenvalue weighted by atomic mass is 10.1. The second-order valence-corrected chi connectivity index (χ2v) is 5.34. The van der Waals surface area contributed by atoms with Gasteiger partial charge in [-0.25, -0.2) is 4.98 Å². The molecule has 0 spiro atoms. The molecule has 0 aliphatic carbocycles. The number of nitrogens with zero attached hydrogens (tertiary/aromatic N) is 1. The van der Waals surface area contributed by atoms with Gasteiger partial charge in [-0.15, -0.1) is 0 Å². The summed E-state index contributed by atoms with van der Waals surface area (Å²) in [4.78, 5) is 56.1. The highest BCUT2D eigenvalue weighted by atomic mass is 16.2. The molecular formula is C16H14N6O4. The van der Waals surface area contributed by atoms with Crippen molar-refractivity contribution in [2.75, 3.05) is 11.9 Å². The van der Waals surface area contributed by atoms with Crippen molar-refractivity contribution in [3.63, 3.8) is 0 Å². The number of rotatable bonds is 5. The number of amides is 3. The molecule has 2 heterocycles. The van der Waals surface area contributed by atoms with E-state index in [9.17, 15) is 19.2 Å². The molecule has 0 unspecified atom stereocenters. The molecule has 0 aliphatic heterocycles. The number of primary amides is 1. The molecule has 3 aromatic rings. The molecule has 3 rings (SSSR count). The van der Waals surface area contributed by atoms with Gasteiger partial charge >= 0.3 is 0 Å². The molecule has 0 bridgehead atoms. The van der Waals surface area contributed by atoms with Crippen LogP contribution in [0.1, 0.15) is 20.7 Å². The third kappa shape index (κ3) is 3.43. The SMILES string of the molecule is NC(=O)CNC(=O)c1cccc(NC(=O)c2c[nH]c3nc[nH]c(=O)c23)c1. The molecule has 0 radical (unpaired) electrons. The predicted molar refractivity (Wildman–Crippen MR) is 92.6 cm³/mol. The first-order chi connectivity index (χ1) is 12.5. The smallest absolute Gasteiger partial charge is 0.261 e. The van der Waals surface area contributed by atoms with Gasteiger partial charge in [0.1, 0.15) is 5.65 Å². The maximum Gasteiger partial charge on any atom is 0.261 e. The average molecular weight is 354 g/mol. The molecule has 6 N–H and O–H groups in total. The van der Waals surface area contributed by atoms with E-state index in [0.29, 0.717) is 11.3 Å². The number of H-pyrrole nitrogens is 2. The molecule has 10 heteroatoms. The number of fused-ring (bicyclic) bond motifs is 1. The van der Waals surface area contributed by atoms with Gasteiger partial charge in [0.2, 0.25) is 5.91 Å². The topological polar surface area (TPSA) is 163 Å². The van der Waals surface area contributed by atoms with Crippen molar-refractivity contribution in [1.82, 2.24) is 20.3 Å². The summed E-state index contributed by atoms with van der Waals surface area (Å²) in [5, 5.41) is 5.11. The first kappa shape index (κ1) is 16.9. The van der Waals surface area contributed by atoms with Gasteiger partial charge in [0.05, 0.1) is 23.8 Å². The van der Waals surface area contributed by atoms with E-state index in [2.05, 4.69) is 25.6 Å². The molecule has 26 heavy (non-hydrogen) atoms. The summed E-state index contributed by atoms with van der Waals surface area (Å²) < 4.78 is 0. The molecule has 3 amide bonds. The summed E-state index contributed by atoms with van der Waals surface area (Å²) in [6.45, 7) is -0.291. The van der Waals surface area contributed by atoms with E-state index >= 15 is 0 Å². The maximum atomic E-state index is 12.5. The molecule has 1 aromatic carbocycles. The van der Waals surface area contributed by atoms with Crippen molar-refractivity contribution < 1.29 is 14.4 Å². The molecule has 0 saturated heterocycles. The predicted octanol–water partition coefficient (Wildman–Crippen LogP) is -0.281. The Morgan fingerprint density at radius 2 is 1.96 bits per heavy atom. The van der Waals surface area contributed by atoms with Crippen LogP contribution in [-0.4, -0.2) is 39.2 Å². The zero-order valence-corrected chi connectivity index (χ0v) is 13.3. The van der Waals surface area contributed by atoms with E-state index in [4.69, 9.17) is 5.73 Å². The highest BCUT2D eigenvalue weighted by Gasteiger charge is 2.16. The lowest BCUT2D eigenvalue weighted by Crippen LogP contribution is -2.33. The highest BCUT2D eigenvalue weighted by Crippen LogP contribution is 2.16. The van der Waals surface area contributed by atoms with Crippen molar-refractivity contribution >= 4 is 34.4 Å². The van der Waals surface area contributed by atoms with Gasteiger partial charge in [-0.2, -0.15) is 0 Å². The van der Waals surface area contributed by atoms with Crippen molar-refractivity contribution in [1.29, 1.82) is 0 Å². The van der Waals surface area contributed by atoms with Gasteiger partial charge in [-0.1, -0.05) is 6.07 Å². The summed E-state index contributed by atoms with van der Waals surface area (Å²) in [6, 6.07) is 6.11. The fraction of sp³-hybridized carbons (Fsp3) is 0.0625. The van der Waals surface area contributed by atoms with Crippen LogP contribution in [0.5, 0.6) is 0 Å². The van der Waals surface area contributed by atoms with Crippen LogP contribution < -0.4 is 21.9 Å². The zero-order valence-electron chi connectivity index (χ0n) is 13.3. The van der Waals surface area contributed by atoms with Crippen LogP contribution in [0.3, 0.4) is 0 Å². The number of nitrogens with two attached hydrogens (primary N) is 1. The Bertz CT molecular complexity index is 1070. The van der Waals surface area contributed by atoms with Gasteiger partial charge in [0.15, 0.2) is 0 Å². The van der Waals surface area contributed by atoms with E-state index in [1.165, 1.54) is 24.7 Å². The zero-order chi connectivity index (χ0) is 18.7. The second-order valence-electron chi connectivity index (χ2n) is 5.34. The highest BCUT2D eigenvalue weighted by molar-refractivity contribution is 6.12. The number of carbonyl (C=O) groups excluding carboxylic acids is 3. The molecule has 10 nitrogen and oxygen atoms in total. The van der Waals surface area contributed by atoms with Gasteiger partial charge < -0.3 is 26.3 Å². The number of anilines is 1. The minimum atomic E-state index is -0.666. The minimum absolute atomic E-state index is 0.123. The quantitative estimate of drug-likeness (QED) is 0.425. The van der Waals surface area contributed by atoms with Crippen LogP contribution in [0.2, 0.25) is 0 Å². The van der Waals surface area contributed by atoms with Crippen molar-refractivity contribution in [2.24, 2.45) is 5.73 Å². The molecule has 0 atom stereocenters. The van der Waals surface area contributed by atoms with E-state index in [-0.39, 0.29) is 23.1 Å². The summed E-state index contributed by atoms with van der Waals surface area (Å²) in [5.41, 5.74) is 5.53. The lowest BCUT2D eigenvalue weighted by Gasteiger charge is -2.07. The minimum Gasteiger partial charge on any atom is -0.368 e. The first-order valence-corrected chi connectivity index (χ1v) is 7.48. The summed E-state index contributed by atoms with van der Waals surface area (Å²) in [5.74, 6) is -1.71. The van der Waals surface area contributed by atoms with E-state index in [0.717, 1.165) is 0 Å². The molecule has 0 saturated carbocycles. The Labute approximate surface area is 145 Å². The third-order valence-corrected chi connectivity index (χ3v) is 3.53. The number of carbonyl (C=O) groups is 3. The van der Waals surface area contributed by atoms with Crippen LogP contribution in [-0.2, 0) is 4.79 Å². The Kier molecular flexibility index (Phi) is 4.48. The Hall–Kier alpha value is -3.95. The Morgan fingerprint density at radius 3 is 2.73 bits per heavy atom. The lowest BCUT2D eigenvalue weighted by molar-refractivity contribution is -0.117. The van der Waals surface area contributed by atoms with Crippen LogP contribution >= 0.6 is 0 Å². The average Bonchev–Trinajstić information content (AvgIpc) is 3.05. The number of nitrogens with one attached hydrogen (secondary N) is 4. The number of aromatic amines is 2. The molecule has 2 aromatic heterocycles. The molecule has 0 fully saturated rings. The van der Waals surface area contributed by atoms with Gasteiger partial charge in [-0.3, -0.25) is 19.2 Å². The van der Waals surface area contributed by atoms with E-state index < -0.39 is 23.3 Å². The number of hydrogen-bond donors (Lipinski definition) is 5. The van der Waals surface area contributed by atoms with Crippen LogP contribution in [0, 0.1) is 0 Å². The number of benzene rings is 1. The van der Waals surface area contributed by atoms with Gasteiger partial charge in [-0.05, 0) is 18.2 Å². The summed E-state index contributed by atoms with van der Waals surface area (Å²) in [6.07, 6.45) is 2.61. The van der Waals surface area contributed by atoms with Crippen LogP contribution in [0.4, 0.5) is 5.69 Å². The van der Waals surface area contributed by atoms with Crippen LogP contribution in [0.15, 0.2) is 41.6 Å². The Morgan fingerprint density at radius 1 is 1.15 bits per heavy atom. The summed E-state index contributed by atoms with van der Waals surface area (Å²) in [7, 11) is 0. The normalized spacial score (nSPS) is 10.5. The molecular weight excluding hydrogens is 340 g/mol. The van der Waals surface area contributed by atoms with E-state index in [1.54, 1.807) is 12.1 Å². The summed E-state index contributed by atoms with van der Waals surface area (Å²) >= 11 is 0. The monoisotopic (exact) mass is 354 g/mol. The fourth-order valence-electron chi connectivity index (χ4n) is 2.36. The van der Waals surface area contributed by atoms with Crippen molar-refractivity contribution in [3.8, 4) is 0 Å². The first-order valence-electron chi connectivity index (χ1n) is 7.48. The molecule has 0 aliphatic rings. The maximum absolute atomic E-state index is 12.5. The van der Waals surface area contributed by atoms with Gasteiger partial charge in [0, 0.05) is 17.4 Å². The number of hydrogen-bond acceptors (Lipinski definition) is 5. The molecule has 132 valence electrons. The second kappa shape index (κ2) is 6.89. The standard InChI is InChI=1S/C16H14N6O4/c17-11(23)6-19-14(24)8-2-1-3-9(4-8)22-15(25)10-5-18-13-12(10)16(26)21-7-20-13/h1-5,7H,6H2,(H2,17,23)(H,19,24)(H,22,25)(H2,18,20,21,26). The third-order valence-electron chi connectivity index (χ3n) is 3.53. The van der Waals surface area contributed by atoms with Crippen molar-refractivity contribution in [2.45, 2.75) is 0 Å². The largest absolute Gasteiger partial charge is 0.368 e.